The lowest BCUT2D eigenvalue weighted by Gasteiger charge is -2.47. The molecule has 26 nitrogen and oxygen atoms in total. The lowest BCUT2D eigenvalue weighted by Crippen LogP contribution is -2.53. The molecule has 24 atom stereocenters. The molecule has 4 aliphatic heterocycles. The second kappa shape index (κ2) is 46.0. The third-order valence-electron chi connectivity index (χ3n) is 31.2. The van der Waals surface area contributed by atoms with Crippen LogP contribution in [0.5, 0.6) is 0 Å². The van der Waals surface area contributed by atoms with E-state index in [0.717, 1.165) is 177 Å². The average molecular weight is 1950 g/mol. The Bertz CT molecular complexity index is 5770. The number of nitrogens with zero attached hydrogens (tertiary/aromatic N) is 4. The first-order chi connectivity index (χ1) is 68.4. The zero-order valence-electron chi connectivity index (χ0n) is 79.8. The van der Waals surface area contributed by atoms with E-state index < -0.39 is 15.3 Å². The third kappa shape index (κ3) is 24.6. The molecule has 0 unspecified atom stereocenters. The van der Waals surface area contributed by atoms with E-state index in [0.29, 0.717) is 86.9 Å². The van der Waals surface area contributed by atoms with Crippen molar-refractivity contribution in [2.24, 2.45) is 101 Å². The van der Waals surface area contributed by atoms with Crippen LogP contribution in [-0.4, -0.2) is 158 Å². The summed E-state index contributed by atoms with van der Waals surface area (Å²) in [7, 11) is -3.38. The van der Waals surface area contributed by atoms with E-state index in [1.165, 1.54) is 48.5 Å². The number of fused-ring (bicyclic) bond motifs is 8. The van der Waals surface area contributed by atoms with Gasteiger partial charge in [-0.3, -0.25) is 29.5 Å². The van der Waals surface area contributed by atoms with Gasteiger partial charge in [0.2, 0.25) is 15.9 Å². The van der Waals surface area contributed by atoms with Crippen LogP contribution in [0.15, 0.2) is 195 Å². The van der Waals surface area contributed by atoms with E-state index in [2.05, 4.69) is 80.1 Å². The highest BCUT2D eigenvalue weighted by Crippen LogP contribution is 2.55. The van der Waals surface area contributed by atoms with Gasteiger partial charge in [0.05, 0.1) is 79.1 Å². The number of amides is 7. The number of carbonyl (C=O) groups is 7. The van der Waals surface area contributed by atoms with E-state index in [1.54, 1.807) is 69.8 Å². The summed E-state index contributed by atoms with van der Waals surface area (Å²) in [6.07, 6.45) is 36.5. The van der Waals surface area contributed by atoms with Crippen LogP contribution in [0.4, 0.5) is 41.5 Å². The van der Waals surface area contributed by atoms with Crippen molar-refractivity contribution >= 4 is 76.6 Å². The van der Waals surface area contributed by atoms with Gasteiger partial charge < -0.3 is 60.9 Å². The van der Waals surface area contributed by atoms with Crippen LogP contribution in [0.1, 0.15) is 153 Å². The number of allylic oxidation sites excluding steroid dienone is 3. The monoisotopic (exact) mass is 1950 g/mol. The second-order valence-corrected chi connectivity index (χ2v) is 41.6. The Morgan fingerprint density at radius 3 is 1.11 bits per heavy atom. The van der Waals surface area contributed by atoms with E-state index in [1.807, 2.05) is 110 Å². The molecule has 0 spiro atoms. The van der Waals surface area contributed by atoms with Gasteiger partial charge in [-0.25, -0.2) is 54.7 Å². The zero-order valence-corrected chi connectivity index (χ0v) is 80.6. The maximum atomic E-state index is 13.6. The molecule has 744 valence electrons. The van der Waals surface area contributed by atoms with Gasteiger partial charge in [-0.2, -0.15) is 0 Å². The fourth-order valence-corrected chi connectivity index (χ4v) is 27.2. The number of nitrogens with one attached hydrogen (secondary N) is 8. The Morgan fingerprint density at radius 1 is 0.390 bits per heavy atom. The summed E-state index contributed by atoms with van der Waals surface area (Å²) in [5, 5.41) is 20.8. The first kappa shape index (κ1) is 99.9. The molecule has 0 bridgehead atoms. The minimum absolute atomic E-state index is 0.00590. The summed E-state index contributed by atoms with van der Waals surface area (Å²) in [5.74, 6) is 2.72. The number of sulfonamides is 1. The average Bonchev–Trinajstić information content (AvgIpc) is 1.61. The van der Waals surface area contributed by atoms with Crippen molar-refractivity contribution in [1.29, 1.82) is 0 Å². The van der Waals surface area contributed by atoms with Crippen molar-refractivity contribution < 1.29 is 83.2 Å². The standard InChI is InChI=1S/C28H32FN3O3.C28H31FN2O4.C27H31FN4O3.C27H32FN3O4S/c1-2-35-28(34)32-23-9-10-24-19(14-23)12-20-16-31-27(33)26(20)25(24)11-8-22-7-6-18(15-30-22)17-4-3-5-21(29)13-17;1-2-34-28(33)31-23-9-10-24-19(14-23)12-20-16-35-27(32)26(20)25(24)11-8-22-7-6-18(15-30-22)17-4-3-5-21(29)13-17;1-2-35-27(34)30-21-9-10-22-18(13-21)14-24-25(32-26(33)31-24)23(22)11-8-20-7-6-17(15-29-20)16-4-3-5-19(28)12-16;1-2-35-27(32)31-23-9-10-24-19(14-23)12-20-16-30-36(33,34)26(20)25(24)11-8-22-7-6-18(15-29-22)17-4-3-5-21(28)13-17/h3-8,11,13,15,19-20,23-26H,2,9-10,12,14,16H2,1H3,(H,31,33)(H,32,34);3-8,11,13,15,19-20,23-26H,2,9-10,12,14,16H2,1H3,(H,31,33);3-8,11-12,15,18,21-25H,2,9-10,13-14H2,1H3,(H,30,34)(H2,31,32,33);3-8,11,13,15,19-20,23-26,30H,2,9-10,12,14,16H2,1H3,(H,31,32)/b4*11-8+/t2*19-,20-,23-,24-,25+,26+;18-,21+,22+,23-,24+,25-;19-,20-,23-,24-,25+,26+/m1101/s1. The Morgan fingerprint density at radius 2 is 0.738 bits per heavy atom. The van der Waals surface area contributed by atoms with Crippen LogP contribution in [0.3, 0.4) is 0 Å². The molecule has 8 N–H and O–H groups in total. The Labute approximate surface area is 821 Å². The highest BCUT2D eigenvalue weighted by molar-refractivity contribution is 7.90. The molecule has 12 fully saturated rings. The number of hydrogen-bond donors (Lipinski definition) is 8. The molecule has 20 rings (SSSR count). The maximum absolute atomic E-state index is 13.6. The van der Waals surface area contributed by atoms with Gasteiger partial charge >= 0.3 is 36.4 Å². The smallest absolute Gasteiger partial charge is 0.407 e. The van der Waals surface area contributed by atoms with Crippen molar-refractivity contribution in [1.82, 2.24) is 61.9 Å². The van der Waals surface area contributed by atoms with Crippen molar-refractivity contribution in [3.63, 3.8) is 0 Å². The molecule has 8 heterocycles. The number of aromatic nitrogens is 4. The van der Waals surface area contributed by atoms with Crippen molar-refractivity contribution in [2.45, 2.75) is 172 Å². The van der Waals surface area contributed by atoms with Crippen LogP contribution in [0.2, 0.25) is 0 Å². The number of carbonyl (C=O) groups excluding carboxylic acids is 7. The lowest BCUT2D eigenvalue weighted by atomic mass is 9.58. The molecule has 31 heteroatoms. The van der Waals surface area contributed by atoms with E-state index in [-0.39, 0.29) is 155 Å². The van der Waals surface area contributed by atoms with Gasteiger partial charge in [-0.05, 0) is 327 Å². The van der Waals surface area contributed by atoms with Crippen molar-refractivity contribution in [3.8, 4) is 44.5 Å². The molecule has 4 saturated heterocycles. The van der Waals surface area contributed by atoms with Crippen molar-refractivity contribution in [2.75, 3.05) is 46.1 Å². The predicted molar refractivity (Wildman–Crippen MR) is 528 cm³/mol. The molecular weight excluding hydrogens is 1820 g/mol. The number of pyridine rings is 4. The minimum atomic E-state index is -3.38. The Hall–Kier alpha value is -12.6. The quantitative estimate of drug-likeness (QED) is 0.0200. The van der Waals surface area contributed by atoms with Gasteiger partial charge in [0.1, 0.15) is 23.3 Å². The molecule has 4 aromatic carbocycles. The first-order valence-electron chi connectivity index (χ1n) is 50.2. The number of hydrogen-bond acceptors (Lipinski definition) is 18. The van der Waals surface area contributed by atoms with Gasteiger partial charge in [-0.1, -0.05) is 97.1 Å². The van der Waals surface area contributed by atoms with E-state index >= 15 is 0 Å². The van der Waals surface area contributed by atoms with Crippen LogP contribution in [0, 0.1) is 124 Å². The highest BCUT2D eigenvalue weighted by Gasteiger charge is 2.57. The summed E-state index contributed by atoms with van der Waals surface area (Å²) in [5.41, 5.74) is 9.69. The number of halogens is 4. The fourth-order valence-electron chi connectivity index (χ4n) is 25.2. The largest absolute Gasteiger partial charge is 0.465 e. The number of alkyl carbamates (subject to hydrolysis) is 4. The van der Waals surface area contributed by atoms with Gasteiger partial charge in [0, 0.05) is 102 Å². The molecule has 8 aromatic rings. The molecule has 0 radical (unpaired) electrons. The van der Waals surface area contributed by atoms with E-state index in [9.17, 15) is 59.5 Å². The maximum Gasteiger partial charge on any atom is 0.407 e. The summed E-state index contributed by atoms with van der Waals surface area (Å²) in [6.45, 7) is 10.3. The molecular formula is C110H126F4N12O14S. The topological polar surface area (TPSA) is 348 Å². The summed E-state index contributed by atoms with van der Waals surface area (Å²) in [6, 6.07) is 41.6. The van der Waals surface area contributed by atoms with Crippen molar-refractivity contribution in [3.05, 3.63) is 241 Å². The number of benzene rings is 4. The number of ether oxygens (including phenoxy) is 5. The van der Waals surface area contributed by atoms with Crippen LogP contribution < -0.4 is 41.9 Å². The fraction of sp³-hybridized carbons (Fsp3) is 0.464. The van der Waals surface area contributed by atoms with Gasteiger partial charge in [-0.15, -0.1) is 0 Å². The molecule has 12 aliphatic rings. The lowest BCUT2D eigenvalue weighted by molar-refractivity contribution is -0.143. The second-order valence-electron chi connectivity index (χ2n) is 39.6. The number of esters is 1. The Balaban J connectivity index is 0.000000130. The predicted octanol–water partition coefficient (Wildman–Crippen LogP) is 18.9. The Kier molecular flexibility index (Phi) is 32.6. The summed E-state index contributed by atoms with van der Waals surface area (Å²) >= 11 is 0. The van der Waals surface area contributed by atoms with Gasteiger partial charge in [0.15, 0.2) is 0 Å². The highest BCUT2D eigenvalue weighted by atomic mass is 32.2. The molecule has 8 aliphatic carbocycles. The molecule has 4 aromatic heterocycles. The molecule has 7 amide bonds. The van der Waals surface area contributed by atoms with Gasteiger partial charge in [0.25, 0.3) is 0 Å². The first-order valence-corrected chi connectivity index (χ1v) is 51.8. The third-order valence-corrected chi connectivity index (χ3v) is 33.2. The normalized spacial score (nSPS) is 30.1. The molecule has 8 saturated carbocycles. The van der Waals surface area contributed by atoms with E-state index in [4.69, 9.17) is 23.7 Å². The number of rotatable bonds is 20. The number of cyclic esters (lactones) is 1. The van der Waals surface area contributed by atoms with Crippen LogP contribution >= 0.6 is 0 Å². The SMILES string of the molecule is CCOC(=O)N[C@@H]1CC[C@@H]2[C@@H](C1)C[C@@H]1CNC(=O)[C@@H]1[C@H]2/C=C/c1ccc(-c2cccc(F)c2)cn1.CCOC(=O)N[C@@H]1CC[C@@H]2[C@@H](C1)C[C@@H]1CNS(=O)(=O)[C@@H]1[C@H]2/C=C/c1ccc(-c2cccc(F)c2)cn1.CCOC(=O)N[C@@H]1CC[C@@H]2[C@@H](C1)C[C@@H]1COC(=O)[C@@H]1[C@H]2/C=C/c1ccc(-c2cccc(F)c2)cn1.CCOC(=O)N[C@@H]1CC[C@@H]2[C@@H](C1)C[C@H]1NC(=O)N[C@H]1[C@H]2/C=C/c1ccc(-c2cccc(F)c2)cn1. The molecule has 141 heavy (non-hydrogen) atoms. The minimum Gasteiger partial charge on any atom is -0.465 e. The summed E-state index contributed by atoms with van der Waals surface area (Å²) < 4.78 is 109. The zero-order chi connectivity index (χ0) is 98.4. The summed E-state index contributed by atoms with van der Waals surface area (Å²) in [4.78, 5) is 103. The van der Waals surface area contributed by atoms with Crippen LogP contribution in [0.25, 0.3) is 68.8 Å². The van der Waals surface area contributed by atoms with Crippen LogP contribution in [-0.2, 0) is 43.3 Å². The number of urea groups is 1.